The van der Waals surface area contributed by atoms with Crippen molar-refractivity contribution in [2.75, 3.05) is 21.3 Å². The number of rotatable bonds is 6. The van der Waals surface area contributed by atoms with Crippen LogP contribution in [0.1, 0.15) is 15.9 Å². The number of aromatic hydroxyl groups is 1. The Hall–Kier alpha value is -4.01. The number of nitrogens with zero attached hydrogens (tertiary/aromatic N) is 1. The molecule has 3 rings (SSSR count). The summed E-state index contributed by atoms with van der Waals surface area (Å²) < 4.78 is 15.7. The predicted molar refractivity (Wildman–Crippen MR) is 107 cm³/mol. The monoisotopic (exact) mass is 397 g/mol. The number of carbonyl (C=O) groups excluding carboxylic acids is 1. The van der Waals surface area contributed by atoms with E-state index in [-0.39, 0.29) is 0 Å². The minimum Gasteiger partial charge on any atom is -0.506 e. The number of para-hydroxylation sites is 1. The lowest BCUT2D eigenvalue weighted by atomic mass is 10.1. The number of carbonyl (C=O) groups is 1. The molecular weight excluding hydrogens is 378 g/mol. The molecule has 2 aromatic carbocycles. The van der Waals surface area contributed by atoms with Crippen LogP contribution in [-0.2, 0) is 0 Å². The Morgan fingerprint density at radius 2 is 1.72 bits per heavy atom. The molecule has 0 radical (unpaired) electrons. The molecular formula is C20H19N3O6. The fourth-order valence-corrected chi connectivity index (χ4v) is 2.81. The second-order valence-electron chi connectivity index (χ2n) is 5.87. The van der Waals surface area contributed by atoms with E-state index in [1.165, 1.54) is 27.5 Å². The molecule has 1 heterocycles. The molecule has 9 heteroatoms. The Morgan fingerprint density at radius 1 is 1.07 bits per heavy atom. The summed E-state index contributed by atoms with van der Waals surface area (Å²) in [6.45, 7) is 0. The standard InChI is InChI=1S/C20H19N3O6/c1-27-14-9-16(29-3)15(28-2)8-11(14)10-21-23-20(26)17-18(24)12-6-4-5-7-13(12)22-19(17)25/h4-10H,1-3H3,(H,23,26)(H2,22,24,25). The SMILES string of the molecule is COc1cc(OC)c(OC)cc1C=NNC(=O)c1c(O)c2ccccc2[nH]c1=O. The van der Waals surface area contributed by atoms with Crippen LogP contribution in [0.15, 0.2) is 46.3 Å². The quantitative estimate of drug-likeness (QED) is 0.432. The first-order valence-corrected chi connectivity index (χ1v) is 8.47. The fourth-order valence-electron chi connectivity index (χ4n) is 2.81. The van der Waals surface area contributed by atoms with E-state index in [9.17, 15) is 14.7 Å². The van der Waals surface area contributed by atoms with Crippen LogP contribution in [-0.4, -0.2) is 43.5 Å². The summed E-state index contributed by atoms with van der Waals surface area (Å²) in [5.41, 5.74) is 2.00. The zero-order valence-electron chi connectivity index (χ0n) is 16.0. The summed E-state index contributed by atoms with van der Waals surface area (Å²) in [6.07, 6.45) is 1.32. The molecule has 0 bridgehead atoms. The third kappa shape index (κ3) is 3.84. The number of hydrogen-bond acceptors (Lipinski definition) is 7. The number of fused-ring (bicyclic) bond motifs is 1. The number of hydrazone groups is 1. The van der Waals surface area contributed by atoms with Gasteiger partial charge in [-0.05, 0) is 18.2 Å². The first kappa shape index (κ1) is 19.7. The van der Waals surface area contributed by atoms with Crippen molar-refractivity contribution in [2.24, 2.45) is 5.10 Å². The van der Waals surface area contributed by atoms with Crippen molar-refractivity contribution >= 4 is 23.0 Å². The third-order valence-corrected chi connectivity index (χ3v) is 4.23. The van der Waals surface area contributed by atoms with E-state index in [0.29, 0.717) is 33.7 Å². The van der Waals surface area contributed by atoms with Crippen LogP contribution in [0.3, 0.4) is 0 Å². The molecule has 0 aliphatic heterocycles. The van der Waals surface area contributed by atoms with Gasteiger partial charge in [-0.2, -0.15) is 5.10 Å². The molecule has 0 spiro atoms. The van der Waals surface area contributed by atoms with Gasteiger partial charge in [0.1, 0.15) is 17.1 Å². The molecule has 0 aliphatic rings. The van der Waals surface area contributed by atoms with E-state index in [2.05, 4.69) is 15.5 Å². The molecule has 1 aromatic heterocycles. The van der Waals surface area contributed by atoms with Crippen LogP contribution in [0.4, 0.5) is 0 Å². The Bertz CT molecular complexity index is 1150. The van der Waals surface area contributed by atoms with Gasteiger partial charge in [0.05, 0.1) is 33.1 Å². The highest BCUT2D eigenvalue weighted by Gasteiger charge is 2.18. The second kappa shape index (κ2) is 8.34. The van der Waals surface area contributed by atoms with E-state index in [0.717, 1.165) is 0 Å². The second-order valence-corrected chi connectivity index (χ2v) is 5.87. The van der Waals surface area contributed by atoms with E-state index < -0.39 is 22.8 Å². The minimum atomic E-state index is -0.856. The first-order valence-electron chi connectivity index (χ1n) is 8.47. The minimum absolute atomic E-state index is 0.350. The third-order valence-electron chi connectivity index (χ3n) is 4.23. The number of methoxy groups -OCH3 is 3. The largest absolute Gasteiger partial charge is 0.506 e. The first-order chi connectivity index (χ1) is 14.0. The lowest BCUT2D eigenvalue weighted by Gasteiger charge is -2.11. The van der Waals surface area contributed by atoms with E-state index >= 15 is 0 Å². The fraction of sp³-hybridized carbons (Fsp3) is 0.150. The summed E-state index contributed by atoms with van der Waals surface area (Å²) in [5.74, 6) is 0.0841. The number of H-pyrrole nitrogens is 1. The maximum atomic E-state index is 12.4. The van der Waals surface area contributed by atoms with Crippen molar-refractivity contribution in [1.29, 1.82) is 0 Å². The Labute approximate surface area is 165 Å². The predicted octanol–water partition coefficient (Wildman–Crippen LogP) is 2.02. The van der Waals surface area contributed by atoms with Crippen molar-refractivity contribution in [3.8, 4) is 23.0 Å². The highest BCUT2D eigenvalue weighted by Crippen LogP contribution is 2.33. The number of ether oxygens (including phenoxy) is 3. The van der Waals surface area contributed by atoms with Gasteiger partial charge in [-0.3, -0.25) is 9.59 Å². The van der Waals surface area contributed by atoms with Crippen molar-refractivity contribution in [2.45, 2.75) is 0 Å². The lowest BCUT2D eigenvalue weighted by Crippen LogP contribution is -2.26. The molecule has 3 aromatic rings. The van der Waals surface area contributed by atoms with Crippen molar-refractivity contribution in [3.05, 3.63) is 57.9 Å². The molecule has 0 fully saturated rings. The molecule has 29 heavy (non-hydrogen) atoms. The number of benzene rings is 2. The van der Waals surface area contributed by atoms with Crippen LogP contribution >= 0.6 is 0 Å². The van der Waals surface area contributed by atoms with Gasteiger partial charge in [0, 0.05) is 17.0 Å². The van der Waals surface area contributed by atoms with Crippen molar-refractivity contribution in [3.63, 3.8) is 0 Å². The molecule has 150 valence electrons. The Balaban J connectivity index is 1.89. The van der Waals surface area contributed by atoms with E-state index in [1.54, 1.807) is 36.4 Å². The average molecular weight is 397 g/mol. The number of nitrogens with one attached hydrogen (secondary N) is 2. The van der Waals surface area contributed by atoms with Crippen LogP contribution in [0.25, 0.3) is 10.9 Å². The Morgan fingerprint density at radius 3 is 2.41 bits per heavy atom. The molecule has 0 unspecified atom stereocenters. The van der Waals surface area contributed by atoms with Gasteiger partial charge in [-0.1, -0.05) is 12.1 Å². The summed E-state index contributed by atoms with van der Waals surface area (Å²) in [5, 5.41) is 14.5. The van der Waals surface area contributed by atoms with Crippen LogP contribution in [0, 0.1) is 0 Å². The summed E-state index contributed by atoms with van der Waals surface area (Å²) in [6, 6.07) is 9.84. The molecule has 0 saturated heterocycles. The number of amides is 1. The normalized spacial score (nSPS) is 10.9. The van der Waals surface area contributed by atoms with Crippen molar-refractivity contribution in [1.82, 2.24) is 10.4 Å². The number of aromatic nitrogens is 1. The van der Waals surface area contributed by atoms with Gasteiger partial charge >= 0.3 is 0 Å². The molecule has 9 nitrogen and oxygen atoms in total. The van der Waals surface area contributed by atoms with Gasteiger partial charge in [0.15, 0.2) is 11.5 Å². The zero-order valence-corrected chi connectivity index (χ0v) is 16.0. The van der Waals surface area contributed by atoms with Crippen LogP contribution in [0.2, 0.25) is 0 Å². The topological polar surface area (TPSA) is 122 Å². The molecule has 0 aliphatic carbocycles. The van der Waals surface area contributed by atoms with Gasteiger partial charge < -0.3 is 24.3 Å². The van der Waals surface area contributed by atoms with E-state index in [4.69, 9.17) is 14.2 Å². The van der Waals surface area contributed by atoms with Crippen LogP contribution < -0.4 is 25.2 Å². The number of pyridine rings is 1. The maximum Gasteiger partial charge on any atom is 0.280 e. The summed E-state index contributed by atoms with van der Waals surface area (Å²) in [4.78, 5) is 27.2. The highest BCUT2D eigenvalue weighted by atomic mass is 16.5. The van der Waals surface area contributed by atoms with Gasteiger partial charge in [-0.15, -0.1) is 0 Å². The van der Waals surface area contributed by atoms with Gasteiger partial charge in [-0.25, -0.2) is 5.43 Å². The molecule has 0 atom stereocenters. The van der Waals surface area contributed by atoms with Crippen molar-refractivity contribution < 1.29 is 24.1 Å². The van der Waals surface area contributed by atoms with Gasteiger partial charge in [0.25, 0.3) is 11.5 Å². The van der Waals surface area contributed by atoms with Gasteiger partial charge in [0.2, 0.25) is 0 Å². The smallest absolute Gasteiger partial charge is 0.280 e. The highest BCUT2D eigenvalue weighted by molar-refractivity contribution is 6.02. The van der Waals surface area contributed by atoms with Crippen LogP contribution in [0.5, 0.6) is 23.0 Å². The maximum absolute atomic E-state index is 12.4. The summed E-state index contributed by atoms with van der Waals surface area (Å²) in [7, 11) is 4.46. The Kier molecular flexibility index (Phi) is 5.68. The molecule has 0 saturated carbocycles. The molecule has 3 N–H and O–H groups in total. The summed E-state index contributed by atoms with van der Waals surface area (Å²) >= 11 is 0. The number of aromatic amines is 1. The number of hydrogen-bond donors (Lipinski definition) is 3. The van der Waals surface area contributed by atoms with E-state index in [1.807, 2.05) is 0 Å². The lowest BCUT2D eigenvalue weighted by molar-refractivity contribution is 0.0951. The zero-order chi connectivity index (χ0) is 21.0. The molecule has 1 amide bonds. The average Bonchev–Trinajstić information content (AvgIpc) is 2.73.